The van der Waals surface area contributed by atoms with E-state index in [2.05, 4.69) is 29.1 Å². The molecule has 2 fully saturated rings. The standard InChI is InChI=1S/C19H36N4O/c1-14(2)17-8-6-15(7-9-17)12-22-19(21-3)23-10-4-5-16(13-23)11-18(20)24/h14-17H,4-13H2,1-3H3,(H2,20,24)(H,21,22). The lowest BCUT2D eigenvalue weighted by Crippen LogP contribution is -2.48. The first-order valence-corrected chi connectivity index (χ1v) is 9.73. The Labute approximate surface area is 147 Å². The van der Waals surface area contributed by atoms with E-state index in [0.29, 0.717) is 12.3 Å². The van der Waals surface area contributed by atoms with Crippen LogP contribution in [0.4, 0.5) is 0 Å². The number of nitrogens with one attached hydrogen (secondary N) is 1. The van der Waals surface area contributed by atoms with E-state index >= 15 is 0 Å². The number of primary amides is 1. The number of piperidine rings is 1. The van der Waals surface area contributed by atoms with Crippen LogP contribution in [0.5, 0.6) is 0 Å². The first-order valence-electron chi connectivity index (χ1n) is 9.73. The largest absolute Gasteiger partial charge is 0.370 e. The van der Waals surface area contributed by atoms with Crippen LogP contribution in [0, 0.1) is 23.7 Å². The van der Waals surface area contributed by atoms with Gasteiger partial charge in [0.15, 0.2) is 5.96 Å². The summed E-state index contributed by atoms with van der Waals surface area (Å²) in [5.41, 5.74) is 5.36. The Balaban J connectivity index is 1.77. The van der Waals surface area contributed by atoms with Gasteiger partial charge >= 0.3 is 0 Å². The van der Waals surface area contributed by atoms with Gasteiger partial charge in [0.05, 0.1) is 0 Å². The Morgan fingerprint density at radius 2 is 1.92 bits per heavy atom. The number of amides is 1. The Morgan fingerprint density at radius 3 is 2.50 bits per heavy atom. The minimum Gasteiger partial charge on any atom is -0.370 e. The Morgan fingerprint density at radius 1 is 1.21 bits per heavy atom. The zero-order valence-electron chi connectivity index (χ0n) is 15.8. The molecule has 0 bridgehead atoms. The van der Waals surface area contributed by atoms with Crippen molar-refractivity contribution < 1.29 is 4.79 Å². The fourth-order valence-corrected chi connectivity index (χ4v) is 4.34. The summed E-state index contributed by atoms with van der Waals surface area (Å²) in [5, 5.41) is 3.59. The number of carbonyl (C=O) groups excluding carboxylic acids is 1. The van der Waals surface area contributed by atoms with E-state index in [0.717, 1.165) is 56.2 Å². The van der Waals surface area contributed by atoms with Gasteiger partial charge in [-0.15, -0.1) is 0 Å². The molecule has 0 radical (unpaired) electrons. The predicted molar refractivity (Wildman–Crippen MR) is 99.8 cm³/mol. The highest BCUT2D eigenvalue weighted by Crippen LogP contribution is 2.32. The topological polar surface area (TPSA) is 70.7 Å². The quantitative estimate of drug-likeness (QED) is 0.599. The number of hydrogen-bond donors (Lipinski definition) is 2. The van der Waals surface area contributed by atoms with Crippen LogP contribution in [0.15, 0.2) is 4.99 Å². The van der Waals surface area contributed by atoms with Crippen LogP contribution >= 0.6 is 0 Å². The van der Waals surface area contributed by atoms with Gasteiger partial charge in [-0.25, -0.2) is 0 Å². The van der Waals surface area contributed by atoms with Crippen LogP contribution in [0.2, 0.25) is 0 Å². The molecule has 0 aromatic heterocycles. The molecule has 5 nitrogen and oxygen atoms in total. The number of carbonyl (C=O) groups is 1. The van der Waals surface area contributed by atoms with E-state index in [4.69, 9.17) is 5.73 Å². The second-order valence-electron chi connectivity index (χ2n) is 8.08. The van der Waals surface area contributed by atoms with Crippen LogP contribution in [0.1, 0.15) is 58.8 Å². The lowest BCUT2D eigenvalue weighted by molar-refractivity contribution is -0.119. The molecule has 2 rings (SSSR count). The Kier molecular flexibility index (Phi) is 7.38. The van der Waals surface area contributed by atoms with Crippen molar-refractivity contribution >= 4 is 11.9 Å². The molecule has 1 amide bonds. The number of guanidine groups is 1. The molecule has 2 aliphatic rings. The van der Waals surface area contributed by atoms with Gasteiger partial charge in [-0.2, -0.15) is 0 Å². The smallest absolute Gasteiger partial charge is 0.217 e. The van der Waals surface area contributed by atoms with Gasteiger partial charge in [0.2, 0.25) is 5.91 Å². The highest BCUT2D eigenvalue weighted by atomic mass is 16.1. The second-order valence-corrected chi connectivity index (χ2v) is 8.08. The van der Waals surface area contributed by atoms with Gasteiger partial charge < -0.3 is 16.0 Å². The van der Waals surface area contributed by atoms with Crippen LogP contribution in [0.3, 0.4) is 0 Å². The normalized spacial score (nSPS) is 28.9. The molecule has 1 aliphatic carbocycles. The highest BCUT2D eigenvalue weighted by molar-refractivity contribution is 5.80. The molecular formula is C19H36N4O. The van der Waals surface area contributed by atoms with Gasteiger partial charge in [0.1, 0.15) is 0 Å². The molecule has 1 atom stereocenters. The zero-order valence-corrected chi connectivity index (χ0v) is 15.8. The Bertz CT molecular complexity index is 427. The third-order valence-corrected chi connectivity index (χ3v) is 5.90. The molecule has 138 valence electrons. The van der Waals surface area contributed by atoms with Gasteiger partial charge in [-0.1, -0.05) is 13.8 Å². The van der Waals surface area contributed by atoms with Gasteiger partial charge in [-0.3, -0.25) is 9.79 Å². The van der Waals surface area contributed by atoms with Crippen LogP contribution < -0.4 is 11.1 Å². The molecule has 1 unspecified atom stereocenters. The fraction of sp³-hybridized carbons (Fsp3) is 0.895. The van der Waals surface area contributed by atoms with Crippen molar-refractivity contribution in [3.8, 4) is 0 Å². The van der Waals surface area contributed by atoms with Crippen LogP contribution in [-0.4, -0.2) is 43.4 Å². The lowest BCUT2D eigenvalue weighted by atomic mass is 9.77. The first kappa shape index (κ1) is 19.1. The van der Waals surface area contributed by atoms with E-state index in [1.54, 1.807) is 0 Å². The number of nitrogens with two attached hydrogens (primary N) is 1. The lowest BCUT2D eigenvalue weighted by Gasteiger charge is -2.36. The number of rotatable bonds is 5. The third kappa shape index (κ3) is 5.67. The average molecular weight is 337 g/mol. The third-order valence-electron chi connectivity index (χ3n) is 5.90. The van der Waals surface area contributed by atoms with E-state index in [1.165, 1.54) is 25.7 Å². The maximum atomic E-state index is 11.2. The summed E-state index contributed by atoms with van der Waals surface area (Å²) in [7, 11) is 1.86. The van der Waals surface area contributed by atoms with Crippen molar-refractivity contribution in [3.05, 3.63) is 0 Å². The van der Waals surface area contributed by atoms with Crippen LogP contribution in [0.25, 0.3) is 0 Å². The summed E-state index contributed by atoms with van der Waals surface area (Å²) >= 11 is 0. The first-order chi connectivity index (χ1) is 11.5. The summed E-state index contributed by atoms with van der Waals surface area (Å²) in [5.74, 6) is 3.68. The van der Waals surface area contributed by atoms with Crippen molar-refractivity contribution in [3.63, 3.8) is 0 Å². The van der Waals surface area contributed by atoms with E-state index in [-0.39, 0.29) is 5.91 Å². The minimum absolute atomic E-state index is 0.188. The summed E-state index contributed by atoms with van der Waals surface area (Å²) in [6.45, 7) is 7.64. The molecule has 1 heterocycles. The van der Waals surface area contributed by atoms with Crippen molar-refractivity contribution in [1.82, 2.24) is 10.2 Å². The number of nitrogens with zero attached hydrogens (tertiary/aromatic N) is 2. The van der Waals surface area contributed by atoms with Gasteiger partial charge in [0.25, 0.3) is 0 Å². The summed E-state index contributed by atoms with van der Waals surface area (Å²) in [4.78, 5) is 17.9. The van der Waals surface area contributed by atoms with E-state index in [9.17, 15) is 4.79 Å². The predicted octanol–water partition coefficient (Wildman–Crippen LogP) is 2.61. The molecule has 5 heteroatoms. The molecule has 0 aromatic carbocycles. The van der Waals surface area contributed by atoms with E-state index < -0.39 is 0 Å². The molecule has 24 heavy (non-hydrogen) atoms. The van der Waals surface area contributed by atoms with E-state index in [1.807, 2.05) is 7.05 Å². The minimum atomic E-state index is -0.188. The van der Waals surface area contributed by atoms with Crippen molar-refractivity contribution in [2.24, 2.45) is 34.4 Å². The van der Waals surface area contributed by atoms with Gasteiger partial charge in [-0.05, 0) is 62.2 Å². The molecule has 1 saturated heterocycles. The SMILES string of the molecule is CN=C(NCC1CCC(C(C)C)CC1)N1CCCC(CC(N)=O)C1. The molecule has 0 aromatic rings. The number of aliphatic imine (C=N–C) groups is 1. The average Bonchev–Trinajstić information content (AvgIpc) is 2.55. The van der Waals surface area contributed by atoms with Crippen molar-refractivity contribution in [2.75, 3.05) is 26.7 Å². The molecule has 1 saturated carbocycles. The van der Waals surface area contributed by atoms with Crippen molar-refractivity contribution in [2.45, 2.75) is 58.8 Å². The monoisotopic (exact) mass is 336 g/mol. The van der Waals surface area contributed by atoms with Crippen molar-refractivity contribution in [1.29, 1.82) is 0 Å². The molecule has 1 aliphatic heterocycles. The summed E-state index contributed by atoms with van der Waals surface area (Å²) < 4.78 is 0. The molecular weight excluding hydrogens is 300 g/mol. The van der Waals surface area contributed by atoms with Gasteiger partial charge in [0, 0.05) is 33.1 Å². The highest BCUT2D eigenvalue weighted by Gasteiger charge is 2.26. The number of likely N-dealkylation sites (tertiary alicyclic amines) is 1. The molecule has 0 spiro atoms. The second kappa shape index (κ2) is 9.28. The zero-order chi connectivity index (χ0) is 17.5. The van der Waals surface area contributed by atoms with Crippen LogP contribution in [-0.2, 0) is 4.79 Å². The number of hydrogen-bond acceptors (Lipinski definition) is 2. The maximum Gasteiger partial charge on any atom is 0.217 e. The summed E-state index contributed by atoms with van der Waals surface area (Å²) in [6, 6.07) is 0. The Hall–Kier alpha value is -1.26. The molecule has 3 N–H and O–H groups in total. The summed E-state index contributed by atoms with van der Waals surface area (Å²) in [6.07, 6.45) is 8.09. The maximum absolute atomic E-state index is 11.2. The fourth-order valence-electron chi connectivity index (χ4n) is 4.34.